The van der Waals surface area contributed by atoms with Crippen molar-refractivity contribution < 1.29 is 18.7 Å². The largest absolute Gasteiger partial charge is 0.487 e. The Morgan fingerprint density at radius 2 is 1.97 bits per heavy atom. The number of rotatable bonds is 7. The minimum atomic E-state index is -0.232. The topological polar surface area (TPSA) is 84.7 Å². The summed E-state index contributed by atoms with van der Waals surface area (Å²) in [6.45, 7) is 0.993. The number of aromatic nitrogens is 1. The number of nitrogens with one attached hydrogen (secondary N) is 1. The number of hydrogen-bond donors (Lipinski definition) is 1. The maximum atomic E-state index is 12.7. The lowest BCUT2D eigenvalue weighted by molar-refractivity contribution is -0.111. The van der Waals surface area contributed by atoms with Gasteiger partial charge in [0, 0.05) is 30.2 Å². The average Bonchev–Trinajstić information content (AvgIpc) is 3.57. The van der Waals surface area contributed by atoms with Crippen LogP contribution in [0.2, 0.25) is 0 Å². The van der Waals surface area contributed by atoms with Gasteiger partial charge in [-0.3, -0.25) is 14.6 Å². The highest BCUT2D eigenvalue weighted by Gasteiger charge is 2.26. The number of hydrogen-bond acceptors (Lipinski definition) is 5. The SMILES string of the molecule is O=C(/C=C/c1ccc(OCc2ccccn2)cc1)Nc1ccc2c(c1)CCN2C(=O)c1ccoc1. The van der Waals surface area contributed by atoms with Gasteiger partial charge in [0.1, 0.15) is 18.6 Å². The minimum absolute atomic E-state index is 0.0923. The van der Waals surface area contributed by atoms with Gasteiger partial charge in [-0.2, -0.15) is 0 Å². The summed E-state index contributed by atoms with van der Waals surface area (Å²) in [7, 11) is 0. The van der Waals surface area contributed by atoms with Gasteiger partial charge in [-0.15, -0.1) is 0 Å². The molecule has 1 N–H and O–H groups in total. The zero-order valence-electron chi connectivity index (χ0n) is 18.9. The Morgan fingerprint density at radius 1 is 1.09 bits per heavy atom. The Hall–Kier alpha value is -4.65. The molecule has 2 amide bonds. The van der Waals surface area contributed by atoms with Crippen LogP contribution in [0.3, 0.4) is 0 Å². The predicted molar refractivity (Wildman–Crippen MR) is 133 cm³/mol. The van der Waals surface area contributed by atoms with Crippen LogP contribution in [0.25, 0.3) is 6.08 Å². The summed E-state index contributed by atoms with van der Waals surface area (Å²) >= 11 is 0. The highest BCUT2D eigenvalue weighted by Crippen LogP contribution is 2.31. The van der Waals surface area contributed by atoms with Crippen LogP contribution in [0.5, 0.6) is 5.75 Å². The van der Waals surface area contributed by atoms with Crippen molar-refractivity contribution in [2.75, 3.05) is 16.8 Å². The van der Waals surface area contributed by atoms with E-state index in [4.69, 9.17) is 9.15 Å². The number of benzene rings is 2. The van der Waals surface area contributed by atoms with E-state index in [1.165, 1.54) is 18.6 Å². The number of carbonyl (C=O) groups excluding carboxylic acids is 2. The number of pyridine rings is 1. The van der Waals surface area contributed by atoms with Crippen LogP contribution in [0.15, 0.2) is 95.9 Å². The van der Waals surface area contributed by atoms with Gasteiger partial charge in [0.2, 0.25) is 5.91 Å². The van der Waals surface area contributed by atoms with Gasteiger partial charge < -0.3 is 19.4 Å². The summed E-state index contributed by atoms with van der Waals surface area (Å²) in [6, 6.07) is 20.4. The normalized spacial score (nSPS) is 12.5. The van der Waals surface area contributed by atoms with Crippen LogP contribution in [-0.2, 0) is 17.8 Å². The van der Waals surface area contributed by atoms with Crippen molar-refractivity contribution in [3.05, 3.63) is 114 Å². The summed E-state index contributed by atoms with van der Waals surface area (Å²) in [5.41, 5.74) is 4.83. The van der Waals surface area contributed by atoms with Crippen LogP contribution in [0.4, 0.5) is 11.4 Å². The van der Waals surface area contributed by atoms with Crippen molar-refractivity contribution in [1.29, 1.82) is 0 Å². The molecule has 0 spiro atoms. The molecule has 7 heteroatoms. The van der Waals surface area contributed by atoms with Gasteiger partial charge in [0.25, 0.3) is 5.91 Å². The van der Waals surface area contributed by atoms with Crippen molar-refractivity contribution in [2.24, 2.45) is 0 Å². The molecule has 35 heavy (non-hydrogen) atoms. The van der Waals surface area contributed by atoms with E-state index in [-0.39, 0.29) is 11.8 Å². The third kappa shape index (κ3) is 5.30. The first-order chi connectivity index (χ1) is 17.2. The first kappa shape index (κ1) is 22.2. The van der Waals surface area contributed by atoms with Crippen LogP contribution in [0, 0.1) is 0 Å². The number of furan rings is 1. The maximum absolute atomic E-state index is 12.7. The molecular weight excluding hydrogens is 442 g/mol. The quantitative estimate of drug-likeness (QED) is 0.384. The van der Waals surface area contributed by atoms with Crippen molar-refractivity contribution in [1.82, 2.24) is 4.98 Å². The van der Waals surface area contributed by atoms with E-state index in [9.17, 15) is 9.59 Å². The fraction of sp³-hybridized carbons (Fsp3) is 0.107. The lowest BCUT2D eigenvalue weighted by Crippen LogP contribution is -2.28. The van der Waals surface area contributed by atoms with Crippen molar-refractivity contribution >= 4 is 29.3 Å². The molecule has 2 aromatic heterocycles. The van der Waals surface area contributed by atoms with E-state index in [1.807, 2.05) is 54.6 Å². The third-order valence-electron chi connectivity index (χ3n) is 5.68. The Balaban J connectivity index is 1.16. The first-order valence-electron chi connectivity index (χ1n) is 11.2. The number of anilines is 2. The molecule has 5 rings (SSSR count). The molecule has 0 atom stereocenters. The maximum Gasteiger partial charge on any atom is 0.261 e. The van der Waals surface area contributed by atoms with Crippen LogP contribution < -0.4 is 15.0 Å². The summed E-state index contributed by atoms with van der Waals surface area (Å²) in [5.74, 6) is 0.408. The molecule has 0 radical (unpaired) electrons. The van der Waals surface area contributed by atoms with Gasteiger partial charge in [0.15, 0.2) is 0 Å². The van der Waals surface area contributed by atoms with E-state index < -0.39 is 0 Å². The number of ether oxygens (including phenoxy) is 1. The van der Waals surface area contributed by atoms with E-state index >= 15 is 0 Å². The Morgan fingerprint density at radius 3 is 2.74 bits per heavy atom. The highest BCUT2D eigenvalue weighted by molar-refractivity contribution is 6.07. The summed E-state index contributed by atoms with van der Waals surface area (Å²) in [4.78, 5) is 31.1. The lowest BCUT2D eigenvalue weighted by Gasteiger charge is -2.16. The molecule has 4 aromatic rings. The molecule has 2 aromatic carbocycles. The fourth-order valence-electron chi connectivity index (χ4n) is 3.90. The second-order valence-electron chi connectivity index (χ2n) is 8.06. The van der Waals surface area contributed by atoms with Crippen molar-refractivity contribution in [3.63, 3.8) is 0 Å². The molecule has 7 nitrogen and oxygen atoms in total. The molecule has 1 aliphatic rings. The fourth-order valence-corrected chi connectivity index (χ4v) is 3.90. The van der Waals surface area contributed by atoms with Crippen LogP contribution in [-0.4, -0.2) is 23.3 Å². The molecule has 0 fully saturated rings. The summed E-state index contributed by atoms with van der Waals surface area (Å²) < 4.78 is 10.8. The Kier molecular flexibility index (Phi) is 6.39. The number of amides is 2. The Bertz CT molecular complexity index is 1350. The van der Waals surface area contributed by atoms with Gasteiger partial charge in [0.05, 0.1) is 17.5 Å². The smallest absolute Gasteiger partial charge is 0.261 e. The molecule has 0 saturated carbocycles. The second kappa shape index (κ2) is 10.1. The molecular formula is C28H23N3O4. The molecule has 1 aliphatic heterocycles. The van der Waals surface area contributed by atoms with E-state index in [1.54, 1.807) is 29.3 Å². The van der Waals surface area contributed by atoms with Gasteiger partial charge in [-0.05, 0) is 72.2 Å². The van der Waals surface area contributed by atoms with E-state index in [0.29, 0.717) is 24.4 Å². The zero-order valence-corrected chi connectivity index (χ0v) is 18.9. The third-order valence-corrected chi connectivity index (χ3v) is 5.68. The number of carbonyl (C=O) groups is 2. The van der Waals surface area contributed by atoms with Crippen LogP contribution >= 0.6 is 0 Å². The molecule has 0 aliphatic carbocycles. The van der Waals surface area contributed by atoms with E-state index in [2.05, 4.69) is 10.3 Å². The van der Waals surface area contributed by atoms with Crippen molar-refractivity contribution in [2.45, 2.75) is 13.0 Å². The van der Waals surface area contributed by atoms with E-state index in [0.717, 1.165) is 34.7 Å². The second-order valence-corrected chi connectivity index (χ2v) is 8.06. The van der Waals surface area contributed by atoms with Gasteiger partial charge in [-0.25, -0.2) is 0 Å². The molecule has 0 bridgehead atoms. The number of fused-ring (bicyclic) bond motifs is 1. The van der Waals surface area contributed by atoms with Gasteiger partial charge in [-0.1, -0.05) is 18.2 Å². The zero-order chi connectivity index (χ0) is 24.0. The highest BCUT2D eigenvalue weighted by atomic mass is 16.5. The van der Waals surface area contributed by atoms with Crippen molar-refractivity contribution in [3.8, 4) is 5.75 Å². The predicted octanol–water partition coefficient (Wildman–Crippen LogP) is 5.11. The minimum Gasteiger partial charge on any atom is -0.487 e. The number of nitrogens with zero attached hydrogens (tertiary/aromatic N) is 2. The summed E-state index contributed by atoms with van der Waals surface area (Å²) in [6.07, 6.45) is 8.64. The molecule has 174 valence electrons. The Labute approximate surface area is 202 Å². The monoisotopic (exact) mass is 465 g/mol. The lowest BCUT2D eigenvalue weighted by atomic mass is 10.1. The average molecular weight is 466 g/mol. The first-order valence-corrected chi connectivity index (χ1v) is 11.2. The van der Waals surface area contributed by atoms with Gasteiger partial charge >= 0.3 is 0 Å². The molecule has 3 heterocycles. The molecule has 0 unspecified atom stereocenters. The van der Waals surface area contributed by atoms with Crippen LogP contribution in [0.1, 0.15) is 27.2 Å². The summed E-state index contributed by atoms with van der Waals surface area (Å²) in [5, 5.41) is 2.89. The standard InChI is InChI=1S/C28H23N3O4/c32-27(11-6-20-4-8-25(9-5-20)35-19-24-3-1-2-14-29-24)30-23-7-10-26-21(17-23)12-15-31(26)28(33)22-13-16-34-18-22/h1-11,13-14,16-18H,12,15,19H2,(H,30,32)/b11-6+. The molecule has 0 saturated heterocycles.